The second kappa shape index (κ2) is 7.59. The summed E-state index contributed by atoms with van der Waals surface area (Å²) >= 11 is 10.9. The number of para-hydroxylation sites is 1. The fraction of sp³-hybridized carbons (Fsp3) is 0.0667. The zero-order valence-corrected chi connectivity index (χ0v) is 13.6. The van der Waals surface area contributed by atoms with Crippen molar-refractivity contribution in [2.24, 2.45) is 0 Å². The van der Waals surface area contributed by atoms with Crippen molar-refractivity contribution >= 4 is 41.9 Å². The molecule has 1 aromatic heterocycles. The Morgan fingerprint density at radius 3 is 2.83 bits per heavy atom. The number of halogens is 1. The number of carboxylic acid groups (broad SMARTS) is 1. The second-order valence-electron chi connectivity index (χ2n) is 4.48. The van der Waals surface area contributed by atoms with Crippen LogP contribution in [0.4, 0.5) is 0 Å². The number of nitrogens with zero attached hydrogens (tertiary/aromatic N) is 1. The van der Waals surface area contributed by atoms with Gasteiger partial charge in [-0.1, -0.05) is 23.7 Å². The molecule has 122 valence electrons. The first kappa shape index (κ1) is 17.5. The predicted octanol–water partition coefficient (Wildman–Crippen LogP) is 2.59. The van der Waals surface area contributed by atoms with Crippen LogP contribution in [0.25, 0.3) is 12.2 Å². The van der Waals surface area contributed by atoms with E-state index in [0.29, 0.717) is 5.56 Å². The quantitative estimate of drug-likeness (QED) is 0.702. The van der Waals surface area contributed by atoms with Gasteiger partial charge in [-0.15, -0.1) is 0 Å². The van der Waals surface area contributed by atoms with Crippen LogP contribution < -0.4 is 10.3 Å². The monoisotopic (exact) mass is 363 g/mol. The lowest BCUT2D eigenvalue weighted by atomic mass is 10.1. The third-order valence-electron chi connectivity index (χ3n) is 2.85. The van der Waals surface area contributed by atoms with Crippen molar-refractivity contribution in [2.75, 3.05) is 6.61 Å². The smallest absolute Gasteiger partial charge is 0.341 e. The third kappa shape index (κ3) is 4.10. The molecule has 0 spiro atoms. The van der Waals surface area contributed by atoms with Crippen LogP contribution in [0.15, 0.2) is 23.0 Å². The Hall–Kier alpha value is -2.89. The van der Waals surface area contributed by atoms with E-state index in [9.17, 15) is 9.59 Å². The van der Waals surface area contributed by atoms with Gasteiger partial charge in [0.2, 0.25) is 0 Å². The summed E-state index contributed by atoms with van der Waals surface area (Å²) in [6.07, 6.45) is 2.99. The van der Waals surface area contributed by atoms with Gasteiger partial charge in [0.1, 0.15) is 17.4 Å². The Bertz CT molecular complexity index is 972. The molecule has 1 heterocycles. The minimum atomic E-state index is -1.14. The first-order chi connectivity index (χ1) is 11.4. The van der Waals surface area contributed by atoms with Crippen molar-refractivity contribution in [3.8, 4) is 11.8 Å². The molecule has 0 saturated carbocycles. The Morgan fingerprint density at radius 1 is 1.42 bits per heavy atom. The largest absolute Gasteiger partial charge is 0.480 e. The molecule has 9 heteroatoms. The molecule has 0 unspecified atom stereocenters. The average molecular weight is 364 g/mol. The molecule has 2 rings (SSSR count). The van der Waals surface area contributed by atoms with Crippen LogP contribution in [0.1, 0.15) is 16.8 Å². The first-order valence-corrected chi connectivity index (χ1v) is 7.29. The topological polar surface area (TPSA) is 119 Å². The summed E-state index contributed by atoms with van der Waals surface area (Å²) in [7, 11) is 0. The molecule has 0 atom stereocenters. The number of nitriles is 1. The molecule has 2 aromatic rings. The van der Waals surface area contributed by atoms with Crippen molar-refractivity contribution in [3.05, 3.63) is 55.2 Å². The maximum atomic E-state index is 11.7. The molecule has 0 bridgehead atoms. The van der Waals surface area contributed by atoms with Crippen LogP contribution in [0.2, 0.25) is 5.02 Å². The highest BCUT2D eigenvalue weighted by Crippen LogP contribution is 2.30. The molecule has 0 saturated heterocycles. The molecule has 0 aliphatic rings. The van der Waals surface area contributed by atoms with Gasteiger partial charge in [0.15, 0.2) is 11.4 Å². The third-order valence-corrected chi connectivity index (χ3v) is 3.35. The number of ether oxygens (including phenoxy) is 1. The summed E-state index contributed by atoms with van der Waals surface area (Å²) in [5.74, 6) is -0.963. The number of hydrogen-bond donors (Lipinski definition) is 3. The predicted molar refractivity (Wildman–Crippen MR) is 90.5 cm³/mol. The van der Waals surface area contributed by atoms with Crippen LogP contribution in [-0.4, -0.2) is 27.7 Å². The van der Waals surface area contributed by atoms with E-state index in [1.54, 1.807) is 24.3 Å². The maximum Gasteiger partial charge on any atom is 0.341 e. The summed E-state index contributed by atoms with van der Waals surface area (Å²) in [5.41, 5.74) is -0.0353. The summed E-state index contributed by atoms with van der Waals surface area (Å²) in [4.78, 5) is 27.4. The number of carboxylic acids is 1. The molecule has 1 aromatic carbocycles. The van der Waals surface area contributed by atoms with Gasteiger partial charge in [0.25, 0.3) is 5.56 Å². The van der Waals surface area contributed by atoms with Crippen LogP contribution in [0.5, 0.6) is 5.75 Å². The number of aromatic nitrogens is 2. The van der Waals surface area contributed by atoms with E-state index in [2.05, 4.69) is 9.97 Å². The number of hydrogen-bond acceptors (Lipinski definition) is 5. The van der Waals surface area contributed by atoms with Gasteiger partial charge >= 0.3 is 5.97 Å². The van der Waals surface area contributed by atoms with Crippen molar-refractivity contribution < 1.29 is 14.6 Å². The van der Waals surface area contributed by atoms with Gasteiger partial charge in [-0.2, -0.15) is 5.26 Å². The SMILES string of the molecule is N#Cc1c(C=Cc2cccc(Cl)c2OCC(=O)O)[nH]c(=S)[nH]c1=O. The van der Waals surface area contributed by atoms with E-state index < -0.39 is 18.1 Å². The Labute approximate surface area is 145 Å². The maximum absolute atomic E-state index is 11.7. The van der Waals surface area contributed by atoms with Crippen molar-refractivity contribution in [1.29, 1.82) is 5.26 Å². The highest BCUT2D eigenvalue weighted by Gasteiger charge is 2.09. The summed E-state index contributed by atoms with van der Waals surface area (Å²) in [6, 6.07) is 6.64. The van der Waals surface area contributed by atoms with Gasteiger partial charge < -0.3 is 14.8 Å². The molecule has 0 fully saturated rings. The average Bonchev–Trinajstić information content (AvgIpc) is 2.51. The number of aromatic amines is 2. The van der Waals surface area contributed by atoms with Gasteiger partial charge in [0, 0.05) is 5.56 Å². The van der Waals surface area contributed by atoms with Crippen LogP contribution in [0, 0.1) is 16.1 Å². The van der Waals surface area contributed by atoms with Crippen LogP contribution in [0.3, 0.4) is 0 Å². The molecule has 0 radical (unpaired) electrons. The van der Waals surface area contributed by atoms with E-state index >= 15 is 0 Å². The standard InChI is InChI=1S/C15H10ClN3O4S/c16-10-3-1-2-8(13(10)23-7-12(20)21)4-5-11-9(6-17)14(22)19-15(24)18-11/h1-5H,7H2,(H,20,21)(H2,18,19,22,24). The number of aliphatic carboxylic acids is 1. The number of H-pyrrole nitrogens is 2. The lowest BCUT2D eigenvalue weighted by Crippen LogP contribution is -2.13. The highest BCUT2D eigenvalue weighted by molar-refractivity contribution is 7.71. The molecular formula is C15H10ClN3O4S. The van der Waals surface area contributed by atoms with Crippen molar-refractivity contribution in [2.45, 2.75) is 0 Å². The van der Waals surface area contributed by atoms with Gasteiger partial charge in [0.05, 0.1) is 10.7 Å². The van der Waals surface area contributed by atoms with E-state index in [1.807, 2.05) is 0 Å². The number of benzene rings is 1. The van der Waals surface area contributed by atoms with E-state index in [1.165, 1.54) is 12.2 Å². The molecule has 7 nitrogen and oxygen atoms in total. The fourth-order valence-electron chi connectivity index (χ4n) is 1.86. The summed E-state index contributed by atoms with van der Waals surface area (Å²) < 4.78 is 5.25. The molecule has 0 amide bonds. The minimum absolute atomic E-state index is 0.0760. The van der Waals surface area contributed by atoms with Gasteiger partial charge in [-0.25, -0.2) is 4.79 Å². The molecule has 0 aliphatic heterocycles. The molecule has 24 heavy (non-hydrogen) atoms. The summed E-state index contributed by atoms with van der Waals surface area (Å²) in [6.45, 7) is -0.554. The number of nitrogens with one attached hydrogen (secondary N) is 2. The minimum Gasteiger partial charge on any atom is -0.480 e. The van der Waals surface area contributed by atoms with Crippen molar-refractivity contribution in [3.63, 3.8) is 0 Å². The van der Waals surface area contributed by atoms with Gasteiger partial charge in [-0.3, -0.25) is 9.78 Å². The molecule has 3 N–H and O–H groups in total. The first-order valence-electron chi connectivity index (χ1n) is 6.50. The Balaban J connectivity index is 2.46. The van der Waals surface area contributed by atoms with E-state index in [-0.39, 0.29) is 26.8 Å². The highest BCUT2D eigenvalue weighted by atomic mass is 35.5. The summed E-state index contributed by atoms with van der Waals surface area (Å²) in [5, 5.41) is 18.0. The Morgan fingerprint density at radius 2 is 2.17 bits per heavy atom. The van der Waals surface area contributed by atoms with Crippen LogP contribution >= 0.6 is 23.8 Å². The Kier molecular flexibility index (Phi) is 5.52. The lowest BCUT2D eigenvalue weighted by Gasteiger charge is -2.09. The van der Waals surface area contributed by atoms with E-state index in [4.69, 9.17) is 38.9 Å². The fourth-order valence-corrected chi connectivity index (χ4v) is 2.30. The normalized spacial score (nSPS) is 10.5. The lowest BCUT2D eigenvalue weighted by molar-refractivity contribution is -0.139. The zero-order valence-electron chi connectivity index (χ0n) is 12.0. The number of rotatable bonds is 5. The van der Waals surface area contributed by atoms with Crippen LogP contribution in [-0.2, 0) is 4.79 Å². The molecule has 0 aliphatic carbocycles. The second-order valence-corrected chi connectivity index (χ2v) is 5.30. The zero-order chi connectivity index (χ0) is 17.7. The molecular weight excluding hydrogens is 354 g/mol. The number of carbonyl (C=O) groups is 1. The van der Waals surface area contributed by atoms with E-state index in [0.717, 1.165) is 0 Å². The van der Waals surface area contributed by atoms with Gasteiger partial charge in [-0.05, 0) is 30.4 Å². The van der Waals surface area contributed by atoms with Crippen molar-refractivity contribution in [1.82, 2.24) is 9.97 Å².